The molecule has 0 spiro atoms. The highest BCUT2D eigenvalue weighted by atomic mass is 32.1. The molecule has 1 N–H and O–H groups in total. The van der Waals surface area contributed by atoms with Crippen molar-refractivity contribution >= 4 is 28.3 Å². The molecule has 0 bridgehead atoms. The van der Waals surface area contributed by atoms with Crippen molar-refractivity contribution in [3.05, 3.63) is 47.0 Å². The fourth-order valence-corrected chi connectivity index (χ4v) is 3.38. The van der Waals surface area contributed by atoms with Crippen LogP contribution < -0.4 is 5.32 Å². The Kier molecular flexibility index (Phi) is 7.74. The number of aryl methyl sites for hydroxylation is 1. The number of nitrogens with zero attached hydrogens (tertiary/aromatic N) is 2. The van der Waals surface area contributed by atoms with E-state index in [4.69, 9.17) is 4.74 Å². The van der Waals surface area contributed by atoms with Crippen LogP contribution in [0.25, 0.3) is 0 Å². The van der Waals surface area contributed by atoms with Crippen molar-refractivity contribution < 1.29 is 14.3 Å². The van der Waals surface area contributed by atoms with E-state index in [0.29, 0.717) is 24.7 Å². The number of carbonyl (C=O) groups excluding carboxylic acids is 2. The van der Waals surface area contributed by atoms with Crippen molar-refractivity contribution in [3.8, 4) is 0 Å². The molecule has 0 saturated heterocycles. The number of carbonyl (C=O) groups is 2. The minimum Gasteiger partial charge on any atom is -0.383 e. The van der Waals surface area contributed by atoms with Gasteiger partial charge in [-0.25, -0.2) is 4.98 Å². The van der Waals surface area contributed by atoms with E-state index in [1.165, 1.54) is 11.3 Å². The standard InChI is InChI=1S/C19H25N3O3S/c1-4-16(15-8-6-5-7-9-15)18(24)22(10-11-25-3)12-17(23)21-19-20-14(2)13-26-19/h5-9,13,16H,4,10-12H2,1-3H3,(H,20,21,23). The first-order valence-electron chi connectivity index (χ1n) is 8.59. The lowest BCUT2D eigenvalue weighted by atomic mass is 9.95. The summed E-state index contributed by atoms with van der Waals surface area (Å²) in [6.07, 6.45) is 0.666. The van der Waals surface area contributed by atoms with E-state index < -0.39 is 0 Å². The number of anilines is 1. The van der Waals surface area contributed by atoms with Gasteiger partial charge in [-0.05, 0) is 18.9 Å². The third-order valence-electron chi connectivity index (χ3n) is 3.99. The van der Waals surface area contributed by atoms with Crippen molar-refractivity contribution in [3.63, 3.8) is 0 Å². The van der Waals surface area contributed by atoms with Crippen LogP contribution in [0.1, 0.15) is 30.5 Å². The molecule has 1 unspecified atom stereocenters. The van der Waals surface area contributed by atoms with Crippen LogP contribution in [0.2, 0.25) is 0 Å². The first-order valence-corrected chi connectivity index (χ1v) is 9.47. The zero-order valence-corrected chi connectivity index (χ0v) is 16.2. The number of hydrogen-bond acceptors (Lipinski definition) is 5. The molecule has 2 aromatic rings. The summed E-state index contributed by atoms with van der Waals surface area (Å²) in [5.74, 6) is -0.601. The van der Waals surface area contributed by atoms with Gasteiger partial charge in [0.1, 0.15) is 6.54 Å². The van der Waals surface area contributed by atoms with Crippen molar-refractivity contribution in [2.24, 2.45) is 0 Å². The summed E-state index contributed by atoms with van der Waals surface area (Å²) in [4.78, 5) is 31.2. The van der Waals surface area contributed by atoms with Crippen molar-refractivity contribution in [2.75, 3.05) is 32.1 Å². The maximum atomic E-state index is 13.1. The van der Waals surface area contributed by atoms with E-state index in [0.717, 1.165) is 11.3 Å². The second-order valence-corrected chi connectivity index (χ2v) is 6.82. The monoisotopic (exact) mass is 375 g/mol. The van der Waals surface area contributed by atoms with Gasteiger partial charge in [0.15, 0.2) is 5.13 Å². The van der Waals surface area contributed by atoms with Crippen LogP contribution in [0.5, 0.6) is 0 Å². The lowest BCUT2D eigenvalue weighted by Gasteiger charge is -2.26. The first-order chi connectivity index (χ1) is 12.5. The van der Waals surface area contributed by atoms with Crippen molar-refractivity contribution in [1.82, 2.24) is 9.88 Å². The molecular weight excluding hydrogens is 350 g/mol. The Labute approximate surface area is 158 Å². The van der Waals surface area contributed by atoms with Gasteiger partial charge in [-0.3, -0.25) is 9.59 Å². The minimum absolute atomic E-state index is 0.0237. The molecule has 7 heteroatoms. The van der Waals surface area contributed by atoms with Crippen LogP contribution in [-0.4, -0.2) is 48.5 Å². The fourth-order valence-electron chi connectivity index (χ4n) is 2.67. The number of nitrogens with one attached hydrogen (secondary N) is 1. The van der Waals surface area contributed by atoms with Crippen molar-refractivity contribution in [2.45, 2.75) is 26.2 Å². The van der Waals surface area contributed by atoms with Gasteiger partial charge in [-0.1, -0.05) is 37.3 Å². The average molecular weight is 375 g/mol. The Morgan fingerprint density at radius 2 is 2.04 bits per heavy atom. The smallest absolute Gasteiger partial charge is 0.245 e. The SMILES string of the molecule is CCC(C(=O)N(CCOC)CC(=O)Nc1nc(C)cs1)c1ccccc1. The topological polar surface area (TPSA) is 71.5 Å². The van der Waals surface area contributed by atoms with Crippen LogP contribution in [0.15, 0.2) is 35.7 Å². The number of thiazole rings is 1. The number of aromatic nitrogens is 1. The number of rotatable bonds is 9. The van der Waals surface area contributed by atoms with Gasteiger partial charge >= 0.3 is 0 Å². The highest BCUT2D eigenvalue weighted by Gasteiger charge is 2.26. The van der Waals surface area contributed by atoms with Crippen molar-refractivity contribution in [1.29, 1.82) is 0 Å². The predicted molar refractivity (Wildman–Crippen MR) is 103 cm³/mol. The molecule has 0 aliphatic heterocycles. The summed E-state index contributed by atoms with van der Waals surface area (Å²) in [7, 11) is 1.58. The molecule has 1 heterocycles. The Morgan fingerprint density at radius 1 is 1.31 bits per heavy atom. The molecule has 2 rings (SSSR count). The lowest BCUT2D eigenvalue weighted by molar-refractivity contribution is -0.136. The van der Waals surface area contributed by atoms with Gasteiger partial charge in [-0.2, -0.15) is 0 Å². The van der Waals surface area contributed by atoms with E-state index >= 15 is 0 Å². The minimum atomic E-state index is -0.275. The third-order valence-corrected chi connectivity index (χ3v) is 4.86. The molecule has 0 aliphatic rings. The summed E-state index contributed by atoms with van der Waals surface area (Å²) < 4.78 is 5.11. The molecule has 0 aliphatic carbocycles. The molecule has 1 aromatic heterocycles. The third kappa shape index (κ3) is 5.64. The zero-order chi connectivity index (χ0) is 18.9. The van der Waals surface area contributed by atoms with Gasteiger partial charge in [0.05, 0.1) is 18.2 Å². The maximum absolute atomic E-state index is 13.1. The second-order valence-electron chi connectivity index (χ2n) is 5.97. The quantitative estimate of drug-likeness (QED) is 0.731. The molecule has 1 aromatic carbocycles. The number of amides is 2. The van der Waals surface area contributed by atoms with Crippen LogP contribution in [0.4, 0.5) is 5.13 Å². The molecular formula is C19H25N3O3S. The Hall–Kier alpha value is -2.25. The summed E-state index contributed by atoms with van der Waals surface area (Å²) in [6.45, 7) is 4.56. The highest BCUT2D eigenvalue weighted by Crippen LogP contribution is 2.22. The first kappa shape index (κ1) is 20.1. The normalized spacial score (nSPS) is 11.8. The molecule has 0 saturated carbocycles. The second kappa shape index (κ2) is 10.0. The number of benzene rings is 1. The van der Waals surface area contributed by atoms with E-state index in [-0.39, 0.29) is 24.3 Å². The summed E-state index contributed by atoms with van der Waals surface area (Å²) in [5, 5.41) is 5.17. The molecule has 0 radical (unpaired) electrons. The summed E-state index contributed by atoms with van der Waals surface area (Å²) >= 11 is 1.37. The largest absolute Gasteiger partial charge is 0.383 e. The van der Waals surface area contributed by atoms with E-state index in [2.05, 4.69) is 10.3 Å². The van der Waals surface area contributed by atoms with Gasteiger partial charge in [0.2, 0.25) is 11.8 Å². The molecule has 1 atom stereocenters. The lowest BCUT2D eigenvalue weighted by Crippen LogP contribution is -2.42. The maximum Gasteiger partial charge on any atom is 0.245 e. The number of hydrogen-bond donors (Lipinski definition) is 1. The van der Waals surface area contributed by atoms with Crippen LogP contribution >= 0.6 is 11.3 Å². The number of ether oxygens (including phenoxy) is 1. The highest BCUT2D eigenvalue weighted by molar-refractivity contribution is 7.13. The van der Waals surface area contributed by atoms with Crippen LogP contribution in [0, 0.1) is 6.92 Å². The molecule has 2 amide bonds. The zero-order valence-electron chi connectivity index (χ0n) is 15.4. The predicted octanol–water partition coefficient (Wildman–Crippen LogP) is 3.06. The summed E-state index contributed by atoms with van der Waals surface area (Å²) in [6, 6.07) is 9.65. The Balaban J connectivity index is 2.09. The van der Waals surface area contributed by atoms with Gasteiger partial charge in [-0.15, -0.1) is 11.3 Å². The molecule has 0 fully saturated rings. The average Bonchev–Trinajstić information content (AvgIpc) is 3.04. The summed E-state index contributed by atoms with van der Waals surface area (Å²) in [5.41, 5.74) is 1.81. The van der Waals surface area contributed by atoms with Gasteiger partial charge in [0, 0.05) is 19.0 Å². The van der Waals surface area contributed by atoms with Gasteiger partial charge in [0.25, 0.3) is 0 Å². The van der Waals surface area contributed by atoms with Crippen LogP contribution in [-0.2, 0) is 14.3 Å². The Morgan fingerprint density at radius 3 is 2.62 bits per heavy atom. The molecule has 26 heavy (non-hydrogen) atoms. The van der Waals surface area contributed by atoms with E-state index in [1.807, 2.05) is 49.6 Å². The van der Waals surface area contributed by atoms with Gasteiger partial charge < -0.3 is 15.0 Å². The van der Waals surface area contributed by atoms with Crippen LogP contribution in [0.3, 0.4) is 0 Å². The van der Waals surface area contributed by atoms with E-state index in [1.54, 1.807) is 12.0 Å². The number of methoxy groups -OCH3 is 1. The van der Waals surface area contributed by atoms with E-state index in [9.17, 15) is 9.59 Å². The molecule has 140 valence electrons. The molecule has 6 nitrogen and oxygen atoms in total. The Bertz CT molecular complexity index is 718. The fraction of sp³-hybridized carbons (Fsp3) is 0.421.